The summed E-state index contributed by atoms with van der Waals surface area (Å²) in [7, 11) is 0. The minimum absolute atomic E-state index is 0.0969. The molecule has 1 saturated carbocycles. The zero-order valence-electron chi connectivity index (χ0n) is 7.66. The van der Waals surface area contributed by atoms with Crippen molar-refractivity contribution in [1.82, 2.24) is 0 Å². The molecule has 0 saturated heterocycles. The number of hydrogen-bond donors (Lipinski definition) is 1. The third-order valence-corrected chi connectivity index (χ3v) is 2.91. The van der Waals surface area contributed by atoms with Crippen molar-refractivity contribution in [2.24, 2.45) is 0 Å². The van der Waals surface area contributed by atoms with Crippen LogP contribution in [0.15, 0.2) is 24.3 Å². The van der Waals surface area contributed by atoms with Gasteiger partial charge < -0.3 is 0 Å². The average Bonchev–Trinajstić information content (AvgIpc) is 2.99. The van der Waals surface area contributed by atoms with Crippen LogP contribution in [-0.4, -0.2) is 25.1 Å². The van der Waals surface area contributed by atoms with E-state index in [4.69, 9.17) is 0 Å². The molecule has 2 heteroatoms. The SMILES string of the molecule is C=Bc1ccc(C2(CO)CC2)cc1. The van der Waals surface area contributed by atoms with Crippen LogP contribution in [-0.2, 0) is 5.41 Å². The summed E-state index contributed by atoms with van der Waals surface area (Å²) in [4.78, 5) is 0. The van der Waals surface area contributed by atoms with E-state index in [0.717, 1.165) is 18.3 Å². The van der Waals surface area contributed by atoms with Crippen LogP contribution >= 0.6 is 0 Å². The van der Waals surface area contributed by atoms with Gasteiger partial charge in [-0.3, -0.25) is 0 Å². The summed E-state index contributed by atoms with van der Waals surface area (Å²) >= 11 is 0. The van der Waals surface area contributed by atoms with Gasteiger partial charge >= 0.3 is 78.7 Å². The van der Waals surface area contributed by atoms with E-state index in [1.165, 1.54) is 5.56 Å². The van der Waals surface area contributed by atoms with E-state index in [9.17, 15) is 5.11 Å². The fourth-order valence-corrected chi connectivity index (χ4v) is 1.66. The number of hydrogen-bond acceptors (Lipinski definition) is 1. The number of rotatable bonds is 3. The Bertz CT molecular complexity index is 311. The Labute approximate surface area is 79.3 Å². The van der Waals surface area contributed by atoms with E-state index in [0.29, 0.717) is 0 Å². The Kier molecular flexibility index (Phi) is 2.08. The van der Waals surface area contributed by atoms with Crippen LogP contribution in [0.25, 0.3) is 0 Å². The molecule has 66 valence electrons. The first-order chi connectivity index (χ1) is 6.30. The molecule has 1 aliphatic rings. The van der Waals surface area contributed by atoms with Gasteiger partial charge in [-0.25, -0.2) is 0 Å². The van der Waals surface area contributed by atoms with Crippen molar-refractivity contribution >= 4 is 18.9 Å². The zero-order valence-corrected chi connectivity index (χ0v) is 7.66. The third kappa shape index (κ3) is 1.46. The second-order valence-electron chi connectivity index (χ2n) is 3.76. The molecule has 0 aromatic heterocycles. The predicted octanol–water partition coefficient (Wildman–Crippen LogP) is 0.472. The molecule has 0 heterocycles. The predicted molar refractivity (Wildman–Crippen MR) is 56.9 cm³/mol. The Hall–Kier alpha value is -0.885. The van der Waals surface area contributed by atoms with E-state index in [1.807, 2.05) is 6.92 Å². The van der Waals surface area contributed by atoms with Crippen LogP contribution < -0.4 is 5.46 Å². The molecule has 1 aliphatic carbocycles. The molecular formula is C11H13BO. The second kappa shape index (κ2) is 3.11. The van der Waals surface area contributed by atoms with E-state index in [-0.39, 0.29) is 12.0 Å². The van der Waals surface area contributed by atoms with Crippen molar-refractivity contribution in [3.63, 3.8) is 0 Å². The summed E-state index contributed by atoms with van der Waals surface area (Å²) in [5.74, 6) is 0. The average molecular weight is 172 g/mol. The van der Waals surface area contributed by atoms with Crippen LogP contribution in [0.1, 0.15) is 18.4 Å². The Morgan fingerprint density at radius 1 is 1.31 bits per heavy atom. The molecule has 1 nitrogen and oxygen atoms in total. The third-order valence-electron chi connectivity index (χ3n) is 2.91. The van der Waals surface area contributed by atoms with E-state index < -0.39 is 0 Å². The standard InChI is InChI=1S/C11H13BO/c1-12-10-4-2-9(3-5-10)11(8-13)6-7-11/h2-5,13H,1,6-8H2. The van der Waals surface area contributed by atoms with Gasteiger partial charge in [0, 0.05) is 0 Å². The van der Waals surface area contributed by atoms with Crippen LogP contribution in [0, 0.1) is 0 Å². The Balaban J connectivity index is 2.27. The molecule has 0 amide bonds. The monoisotopic (exact) mass is 172 g/mol. The summed E-state index contributed by atoms with van der Waals surface area (Å²) in [5, 5.41) is 9.22. The van der Waals surface area contributed by atoms with Crippen molar-refractivity contribution in [2.75, 3.05) is 6.61 Å². The van der Waals surface area contributed by atoms with Gasteiger partial charge in [0.2, 0.25) is 0 Å². The van der Waals surface area contributed by atoms with Crippen molar-refractivity contribution in [2.45, 2.75) is 18.3 Å². The summed E-state index contributed by atoms with van der Waals surface area (Å²) < 4.78 is 0. The molecule has 1 aromatic rings. The first kappa shape index (κ1) is 8.70. The number of aliphatic hydroxyl groups excluding tert-OH is 1. The molecule has 0 atom stereocenters. The molecule has 1 aromatic carbocycles. The summed E-state index contributed by atoms with van der Waals surface area (Å²) in [6, 6.07) is 8.30. The van der Waals surface area contributed by atoms with E-state index in [2.05, 4.69) is 30.7 Å². The topological polar surface area (TPSA) is 20.2 Å². The molecule has 0 radical (unpaired) electrons. The van der Waals surface area contributed by atoms with Gasteiger partial charge in [-0.2, -0.15) is 0 Å². The summed E-state index contributed by atoms with van der Waals surface area (Å²) in [6.07, 6.45) is 2.24. The van der Waals surface area contributed by atoms with Gasteiger partial charge in [-0.05, 0) is 0 Å². The maximum atomic E-state index is 9.22. The van der Waals surface area contributed by atoms with Gasteiger partial charge in [0.15, 0.2) is 0 Å². The van der Waals surface area contributed by atoms with E-state index in [1.54, 1.807) is 0 Å². The van der Waals surface area contributed by atoms with Crippen LogP contribution in [0.3, 0.4) is 0 Å². The van der Waals surface area contributed by atoms with Gasteiger partial charge in [0.25, 0.3) is 0 Å². The zero-order chi connectivity index (χ0) is 9.31. The first-order valence-electron chi connectivity index (χ1n) is 4.65. The molecule has 1 N–H and O–H groups in total. The van der Waals surface area contributed by atoms with Gasteiger partial charge in [0.1, 0.15) is 0 Å². The molecule has 0 bridgehead atoms. The maximum absolute atomic E-state index is 9.22. The molecule has 0 unspecified atom stereocenters. The van der Waals surface area contributed by atoms with Crippen molar-refractivity contribution < 1.29 is 5.11 Å². The van der Waals surface area contributed by atoms with Crippen molar-refractivity contribution in [3.05, 3.63) is 29.8 Å². The quantitative estimate of drug-likeness (QED) is 0.657. The van der Waals surface area contributed by atoms with Crippen molar-refractivity contribution in [1.29, 1.82) is 0 Å². The Morgan fingerprint density at radius 2 is 1.92 bits per heavy atom. The molecule has 13 heavy (non-hydrogen) atoms. The first-order valence-corrected chi connectivity index (χ1v) is 4.65. The molecular weight excluding hydrogens is 159 g/mol. The van der Waals surface area contributed by atoms with Gasteiger partial charge in [-0.15, -0.1) is 0 Å². The summed E-state index contributed by atoms with van der Waals surface area (Å²) in [6.45, 7) is 5.82. The number of aliphatic hydroxyl groups is 1. The fourth-order valence-electron chi connectivity index (χ4n) is 1.66. The summed E-state index contributed by atoms with van der Waals surface area (Å²) in [5.41, 5.74) is 2.50. The molecule has 2 rings (SSSR count). The van der Waals surface area contributed by atoms with Gasteiger partial charge in [0.05, 0.1) is 0 Å². The molecule has 0 aliphatic heterocycles. The molecule has 1 fully saturated rings. The fraction of sp³-hybridized carbons (Fsp3) is 0.364. The van der Waals surface area contributed by atoms with E-state index >= 15 is 0 Å². The normalized spacial score (nSPS) is 17.9. The number of benzene rings is 1. The second-order valence-corrected chi connectivity index (χ2v) is 3.76. The van der Waals surface area contributed by atoms with Gasteiger partial charge in [-0.1, -0.05) is 0 Å². The minimum atomic E-state index is 0.0969. The van der Waals surface area contributed by atoms with Crippen LogP contribution in [0.2, 0.25) is 0 Å². The van der Waals surface area contributed by atoms with Crippen LogP contribution in [0.5, 0.6) is 0 Å². The molecule has 0 spiro atoms. The van der Waals surface area contributed by atoms with Crippen LogP contribution in [0.4, 0.5) is 0 Å². The Morgan fingerprint density at radius 3 is 2.31 bits per heavy atom. The van der Waals surface area contributed by atoms with Crippen molar-refractivity contribution in [3.8, 4) is 0 Å².